The van der Waals surface area contributed by atoms with Crippen molar-refractivity contribution < 1.29 is 0 Å². The van der Waals surface area contributed by atoms with E-state index >= 15 is 0 Å². The van der Waals surface area contributed by atoms with E-state index in [0.717, 1.165) is 50.3 Å². The van der Waals surface area contributed by atoms with Crippen molar-refractivity contribution in [2.45, 2.75) is 59.5 Å². The third-order valence-electron chi connectivity index (χ3n) is 4.83. The summed E-state index contributed by atoms with van der Waals surface area (Å²) in [6.45, 7) is 14.6. The smallest absolute Gasteiger partial charge is 0.191 e. The summed E-state index contributed by atoms with van der Waals surface area (Å²) < 4.78 is 2.09. The maximum atomic E-state index is 4.79. The van der Waals surface area contributed by atoms with Crippen molar-refractivity contribution in [3.05, 3.63) is 12.2 Å². The van der Waals surface area contributed by atoms with E-state index in [1.165, 1.54) is 25.9 Å². The van der Waals surface area contributed by atoms with Gasteiger partial charge in [0.2, 0.25) is 0 Å². The van der Waals surface area contributed by atoms with Crippen molar-refractivity contribution in [1.29, 1.82) is 0 Å². The summed E-state index contributed by atoms with van der Waals surface area (Å²) in [5, 5.41) is 14.9. The number of rotatable bonds is 8. The molecule has 2 heterocycles. The van der Waals surface area contributed by atoms with E-state index in [-0.39, 0.29) is 24.0 Å². The second-order valence-corrected chi connectivity index (χ2v) is 7.03. The molecule has 0 bridgehead atoms. The summed E-state index contributed by atoms with van der Waals surface area (Å²) in [6, 6.07) is 0.489. The van der Waals surface area contributed by atoms with E-state index in [0.29, 0.717) is 6.04 Å². The Morgan fingerprint density at radius 3 is 2.88 bits per heavy atom. The number of aryl methyl sites for hydroxylation is 1. The molecule has 0 aromatic carbocycles. The highest BCUT2D eigenvalue weighted by atomic mass is 127. The third kappa shape index (κ3) is 7.38. The minimum Gasteiger partial charge on any atom is -0.357 e. The molecule has 2 rings (SSSR count). The number of halogens is 1. The quantitative estimate of drug-likeness (QED) is 0.341. The maximum absolute atomic E-state index is 4.79. The number of hydrogen-bond acceptors (Lipinski definition) is 4. The summed E-state index contributed by atoms with van der Waals surface area (Å²) in [6.07, 6.45) is 5.37. The molecule has 1 aromatic heterocycles. The molecule has 7 nitrogen and oxygen atoms in total. The number of aromatic nitrogens is 3. The van der Waals surface area contributed by atoms with Crippen LogP contribution < -0.4 is 10.6 Å². The van der Waals surface area contributed by atoms with E-state index in [1.54, 1.807) is 6.33 Å². The van der Waals surface area contributed by atoms with Crippen LogP contribution in [0.25, 0.3) is 0 Å². The van der Waals surface area contributed by atoms with Crippen LogP contribution in [-0.2, 0) is 13.0 Å². The zero-order chi connectivity index (χ0) is 18.1. The molecule has 0 spiro atoms. The Kier molecular flexibility index (Phi) is 11.1. The van der Waals surface area contributed by atoms with Crippen LogP contribution in [0, 0.1) is 5.92 Å². The van der Waals surface area contributed by atoms with Crippen LogP contribution >= 0.6 is 24.0 Å². The lowest BCUT2D eigenvalue weighted by Crippen LogP contribution is -2.43. The van der Waals surface area contributed by atoms with E-state index in [4.69, 9.17) is 4.99 Å². The van der Waals surface area contributed by atoms with Crippen molar-refractivity contribution in [1.82, 2.24) is 30.3 Å². The SMILES string of the molecule is CCNC(=NCC(C)N1CCCC(C)C1)NCCn1cnnc1CC.I. The third-order valence-corrected chi connectivity index (χ3v) is 4.83. The number of guanidine groups is 1. The predicted octanol–water partition coefficient (Wildman–Crippen LogP) is 2.13. The number of piperidine rings is 1. The van der Waals surface area contributed by atoms with Crippen LogP contribution in [0.1, 0.15) is 46.4 Å². The summed E-state index contributed by atoms with van der Waals surface area (Å²) in [7, 11) is 0. The van der Waals surface area contributed by atoms with E-state index in [9.17, 15) is 0 Å². The Hall–Kier alpha value is -0.900. The van der Waals surface area contributed by atoms with Crippen LogP contribution in [-0.4, -0.2) is 64.4 Å². The number of nitrogens with one attached hydrogen (secondary N) is 2. The first-order chi connectivity index (χ1) is 12.1. The topological polar surface area (TPSA) is 70.4 Å². The van der Waals surface area contributed by atoms with Gasteiger partial charge in [0.15, 0.2) is 5.96 Å². The standard InChI is InChI=1S/C18H35N7.HI/c1-5-17-23-22-14-25(17)11-9-20-18(19-6-2)21-12-16(4)24-10-7-8-15(3)13-24;/h14-16H,5-13H2,1-4H3,(H2,19,20,21);1H. The summed E-state index contributed by atoms with van der Waals surface area (Å²) in [5.41, 5.74) is 0. The zero-order valence-corrected chi connectivity index (χ0v) is 19.1. The molecule has 150 valence electrons. The van der Waals surface area contributed by atoms with Crippen molar-refractivity contribution in [3.8, 4) is 0 Å². The summed E-state index contributed by atoms with van der Waals surface area (Å²) >= 11 is 0. The van der Waals surface area contributed by atoms with Gasteiger partial charge in [-0.2, -0.15) is 0 Å². The van der Waals surface area contributed by atoms with E-state index in [1.807, 2.05) is 0 Å². The highest BCUT2D eigenvalue weighted by molar-refractivity contribution is 14.0. The lowest BCUT2D eigenvalue weighted by atomic mass is 9.99. The fourth-order valence-electron chi connectivity index (χ4n) is 3.34. The Balaban J connectivity index is 0.00000338. The average molecular weight is 477 g/mol. The number of nitrogens with zero attached hydrogens (tertiary/aromatic N) is 5. The Morgan fingerprint density at radius 2 is 2.19 bits per heavy atom. The number of likely N-dealkylation sites (tertiary alicyclic amines) is 1. The lowest BCUT2D eigenvalue weighted by molar-refractivity contribution is 0.142. The minimum absolute atomic E-state index is 0. The van der Waals surface area contributed by atoms with Crippen molar-refractivity contribution in [2.24, 2.45) is 10.9 Å². The van der Waals surface area contributed by atoms with Gasteiger partial charge in [0.1, 0.15) is 12.2 Å². The molecule has 0 saturated carbocycles. The van der Waals surface area contributed by atoms with Gasteiger partial charge in [-0.15, -0.1) is 34.2 Å². The molecule has 1 saturated heterocycles. The first kappa shape index (κ1) is 23.1. The van der Waals surface area contributed by atoms with Crippen molar-refractivity contribution >= 4 is 29.9 Å². The van der Waals surface area contributed by atoms with Gasteiger partial charge in [-0.25, -0.2) is 0 Å². The molecular weight excluding hydrogens is 441 g/mol. The normalized spacial score (nSPS) is 19.7. The molecule has 1 aliphatic heterocycles. The monoisotopic (exact) mass is 477 g/mol. The van der Waals surface area contributed by atoms with E-state index in [2.05, 4.69) is 58.0 Å². The van der Waals surface area contributed by atoms with Crippen molar-refractivity contribution in [2.75, 3.05) is 32.7 Å². The predicted molar refractivity (Wildman–Crippen MR) is 118 cm³/mol. The van der Waals surface area contributed by atoms with Crippen LogP contribution in [0.15, 0.2) is 11.3 Å². The Labute approximate surface area is 175 Å². The molecule has 2 unspecified atom stereocenters. The van der Waals surface area contributed by atoms with Gasteiger partial charge in [-0.05, 0) is 39.2 Å². The second-order valence-electron chi connectivity index (χ2n) is 7.03. The highest BCUT2D eigenvalue weighted by Gasteiger charge is 2.20. The molecule has 8 heteroatoms. The zero-order valence-electron chi connectivity index (χ0n) is 16.7. The van der Waals surface area contributed by atoms with Crippen LogP contribution in [0.3, 0.4) is 0 Å². The minimum atomic E-state index is 0. The molecule has 2 N–H and O–H groups in total. The lowest BCUT2D eigenvalue weighted by Gasteiger charge is -2.35. The molecular formula is C18H36IN7. The highest BCUT2D eigenvalue weighted by Crippen LogP contribution is 2.17. The molecule has 0 amide bonds. The Bertz CT molecular complexity index is 531. The van der Waals surface area contributed by atoms with Crippen LogP contribution in [0.2, 0.25) is 0 Å². The fourth-order valence-corrected chi connectivity index (χ4v) is 3.34. The first-order valence-electron chi connectivity index (χ1n) is 9.76. The molecule has 26 heavy (non-hydrogen) atoms. The van der Waals surface area contributed by atoms with Gasteiger partial charge in [-0.3, -0.25) is 9.89 Å². The largest absolute Gasteiger partial charge is 0.357 e. The van der Waals surface area contributed by atoms with Gasteiger partial charge in [0.05, 0.1) is 6.54 Å². The van der Waals surface area contributed by atoms with Gasteiger partial charge in [0.25, 0.3) is 0 Å². The molecule has 0 aliphatic carbocycles. The Morgan fingerprint density at radius 1 is 1.38 bits per heavy atom. The van der Waals surface area contributed by atoms with Crippen LogP contribution in [0.5, 0.6) is 0 Å². The molecule has 1 aromatic rings. The van der Waals surface area contributed by atoms with Gasteiger partial charge in [0, 0.05) is 38.6 Å². The summed E-state index contributed by atoms with van der Waals surface area (Å²) in [4.78, 5) is 7.36. The fraction of sp³-hybridized carbons (Fsp3) is 0.833. The molecule has 1 fully saturated rings. The maximum Gasteiger partial charge on any atom is 0.191 e. The van der Waals surface area contributed by atoms with Crippen LogP contribution in [0.4, 0.5) is 0 Å². The van der Waals surface area contributed by atoms with Gasteiger partial charge >= 0.3 is 0 Å². The molecule has 2 atom stereocenters. The average Bonchev–Trinajstić information content (AvgIpc) is 3.07. The van der Waals surface area contributed by atoms with Gasteiger partial charge < -0.3 is 15.2 Å². The first-order valence-corrected chi connectivity index (χ1v) is 9.76. The molecule has 0 radical (unpaired) electrons. The second kappa shape index (κ2) is 12.5. The number of aliphatic imine (C=N–C) groups is 1. The molecule has 1 aliphatic rings. The number of hydrogen-bond donors (Lipinski definition) is 2. The van der Waals surface area contributed by atoms with Crippen molar-refractivity contribution in [3.63, 3.8) is 0 Å². The van der Waals surface area contributed by atoms with E-state index < -0.39 is 0 Å². The summed E-state index contributed by atoms with van der Waals surface area (Å²) in [5.74, 6) is 2.73. The van der Waals surface area contributed by atoms with Gasteiger partial charge in [-0.1, -0.05) is 13.8 Å².